The average Bonchev–Trinajstić information content (AvgIpc) is 3.19. The van der Waals surface area contributed by atoms with E-state index in [0.29, 0.717) is 24.9 Å². The molecule has 6 heteroatoms. The van der Waals surface area contributed by atoms with Crippen molar-refractivity contribution in [2.75, 3.05) is 6.54 Å². The summed E-state index contributed by atoms with van der Waals surface area (Å²) in [6, 6.07) is 9.72. The van der Waals surface area contributed by atoms with E-state index in [4.69, 9.17) is 5.11 Å². The molecule has 1 aliphatic heterocycles. The predicted octanol–water partition coefficient (Wildman–Crippen LogP) is 5.35. The molecule has 5 nitrogen and oxygen atoms in total. The largest absolute Gasteiger partial charge is 0.478 e. The van der Waals surface area contributed by atoms with Gasteiger partial charge in [0.1, 0.15) is 0 Å². The monoisotopic (exact) mass is 474 g/mol. The van der Waals surface area contributed by atoms with Gasteiger partial charge in [-0.25, -0.2) is 4.79 Å². The zero-order chi connectivity index (χ0) is 23.3. The molecule has 1 aromatic heterocycles. The van der Waals surface area contributed by atoms with Crippen LogP contribution in [0.5, 0.6) is 0 Å². The summed E-state index contributed by atoms with van der Waals surface area (Å²) in [7, 11) is 0. The van der Waals surface area contributed by atoms with Crippen LogP contribution < -0.4 is 5.56 Å². The number of nitrogens with zero attached hydrogens (tertiary/aromatic N) is 2. The maximum atomic E-state index is 13.4. The molecular weight excluding hydrogens is 436 g/mol. The first-order valence-electron chi connectivity index (χ1n) is 12.1. The van der Waals surface area contributed by atoms with Gasteiger partial charge in [0.05, 0.1) is 5.56 Å². The van der Waals surface area contributed by atoms with Gasteiger partial charge in [-0.2, -0.15) is 0 Å². The van der Waals surface area contributed by atoms with Gasteiger partial charge in [0.2, 0.25) is 0 Å². The fraction of sp³-hybridized carbons (Fsp3) is 0.556. The van der Waals surface area contributed by atoms with Crippen LogP contribution >= 0.6 is 12.4 Å². The number of likely N-dealkylation sites (tertiary alicyclic amines) is 1. The van der Waals surface area contributed by atoms with Crippen molar-refractivity contribution in [3.8, 4) is 0 Å². The summed E-state index contributed by atoms with van der Waals surface area (Å²) in [5.41, 5.74) is 4.78. The van der Waals surface area contributed by atoms with E-state index in [9.17, 15) is 9.59 Å². The van der Waals surface area contributed by atoms with Gasteiger partial charge in [0, 0.05) is 30.4 Å². The van der Waals surface area contributed by atoms with Gasteiger partial charge >= 0.3 is 5.97 Å². The van der Waals surface area contributed by atoms with Crippen LogP contribution in [0.2, 0.25) is 0 Å². The van der Waals surface area contributed by atoms with Gasteiger partial charge in [0.15, 0.2) is 0 Å². The number of aromatic carboxylic acids is 1. The Morgan fingerprint density at radius 2 is 1.79 bits per heavy atom. The normalized spacial score (nSPS) is 16.2. The number of hydrogen-bond donors (Lipinski definition) is 1. The SMILES string of the molecule is CCc1cc(CC)c(=O)n(CCc2ccc(C(=O)O)cc2)c1CN1CCC[C@@H]1CC(C)C.Cl. The number of pyridine rings is 1. The highest BCUT2D eigenvalue weighted by Crippen LogP contribution is 2.26. The van der Waals surface area contributed by atoms with Crippen LogP contribution in [-0.2, 0) is 32.4 Å². The molecule has 0 aliphatic carbocycles. The summed E-state index contributed by atoms with van der Waals surface area (Å²) < 4.78 is 2.01. The predicted molar refractivity (Wildman–Crippen MR) is 137 cm³/mol. The van der Waals surface area contributed by atoms with Crippen LogP contribution in [0.3, 0.4) is 0 Å². The highest BCUT2D eigenvalue weighted by atomic mass is 35.5. The lowest BCUT2D eigenvalue weighted by molar-refractivity contribution is 0.0697. The van der Waals surface area contributed by atoms with Gasteiger partial charge < -0.3 is 9.67 Å². The van der Waals surface area contributed by atoms with E-state index in [1.807, 2.05) is 23.6 Å². The van der Waals surface area contributed by atoms with Crippen molar-refractivity contribution < 1.29 is 9.90 Å². The number of benzene rings is 1. The second-order valence-corrected chi connectivity index (χ2v) is 9.45. The van der Waals surface area contributed by atoms with Gasteiger partial charge in [-0.3, -0.25) is 9.69 Å². The van der Waals surface area contributed by atoms with Crippen LogP contribution in [0.4, 0.5) is 0 Å². The number of carboxylic acids is 1. The number of hydrogen-bond acceptors (Lipinski definition) is 3. The molecular formula is C27H39ClN2O3. The molecule has 2 aromatic rings. The van der Waals surface area contributed by atoms with E-state index in [1.54, 1.807) is 12.1 Å². The Kier molecular flexibility index (Phi) is 10.2. The molecule has 2 heterocycles. The van der Waals surface area contributed by atoms with Gasteiger partial charge in [-0.15, -0.1) is 12.4 Å². The summed E-state index contributed by atoms with van der Waals surface area (Å²) in [5, 5.41) is 9.13. The van der Waals surface area contributed by atoms with E-state index in [1.165, 1.54) is 24.8 Å². The Bertz CT molecular complexity index is 982. The van der Waals surface area contributed by atoms with Crippen LogP contribution in [0.1, 0.15) is 79.7 Å². The lowest BCUT2D eigenvalue weighted by Gasteiger charge is -2.28. The molecule has 3 rings (SSSR count). The minimum absolute atomic E-state index is 0. The number of aryl methyl sites for hydroxylation is 3. The zero-order valence-electron chi connectivity index (χ0n) is 20.5. The summed E-state index contributed by atoms with van der Waals surface area (Å²) >= 11 is 0. The number of carboxylic acid groups (broad SMARTS) is 1. The van der Waals surface area contributed by atoms with E-state index in [-0.39, 0.29) is 23.5 Å². The van der Waals surface area contributed by atoms with E-state index in [2.05, 4.69) is 31.7 Å². The van der Waals surface area contributed by atoms with E-state index in [0.717, 1.165) is 42.8 Å². The highest BCUT2D eigenvalue weighted by Gasteiger charge is 2.27. The number of rotatable bonds is 10. The van der Waals surface area contributed by atoms with Gasteiger partial charge in [-0.05, 0) is 80.3 Å². The summed E-state index contributed by atoms with van der Waals surface area (Å²) in [6.45, 7) is 11.3. The fourth-order valence-electron chi connectivity index (χ4n) is 4.97. The molecule has 1 atom stereocenters. The molecule has 0 amide bonds. The van der Waals surface area contributed by atoms with Gasteiger partial charge in [0.25, 0.3) is 5.56 Å². The average molecular weight is 475 g/mol. The molecule has 1 aromatic carbocycles. The Morgan fingerprint density at radius 3 is 2.36 bits per heavy atom. The Labute approximate surface area is 204 Å². The molecule has 1 aliphatic rings. The van der Waals surface area contributed by atoms with Gasteiger partial charge in [-0.1, -0.05) is 39.8 Å². The Morgan fingerprint density at radius 1 is 1.12 bits per heavy atom. The minimum atomic E-state index is -0.917. The molecule has 0 unspecified atom stereocenters. The number of aromatic nitrogens is 1. The Hall–Kier alpha value is -2.11. The quantitative estimate of drug-likeness (QED) is 0.504. The van der Waals surface area contributed by atoms with Crippen LogP contribution in [-0.4, -0.2) is 33.1 Å². The van der Waals surface area contributed by atoms with Crippen molar-refractivity contribution in [1.82, 2.24) is 9.47 Å². The van der Waals surface area contributed by atoms with Crippen molar-refractivity contribution in [3.05, 3.63) is 68.6 Å². The van der Waals surface area contributed by atoms with Crippen LogP contribution in [0.15, 0.2) is 35.1 Å². The van der Waals surface area contributed by atoms with E-state index >= 15 is 0 Å². The number of halogens is 1. The molecule has 0 spiro atoms. The topological polar surface area (TPSA) is 62.5 Å². The molecule has 33 heavy (non-hydrogen) atoms. The van der Waals surface area contributed by atoms with Crippen LogP contribution in [0.25, 0.3) is 0 Å². The Balaban J connectivity index is 0.00000385. The zero-order valence-corrected chi connectivity index (χ0v) is 21.3. The summed E-state index contributed by atoms with van der Waals surface area (Å²) in [4.78, 5) is 27.1. The highest BCUT2D eigenvalue weighted by molar-refractivity contribution is 5.87. The lowest BCUT2D eigenvalue weighted by Crippen LogP contribution is -2.35. The second kappa shape index (κ2) is 12.4. The molecule has 0 bridgehead atoms. The smallest absolute Gasteiger partial charge is 0.335 e. The molecule has 1 N–H and O–H groups in total. The third-order valence-corrected chi connectivity index (χ3v) is 6.75. The molecule has 1 saturated heterocycles. The first-order valence-corrected chi connectivity index (χ1v) is 12.1. The first kappa shape index (κ1) is 27.1. The maximum Gasteiger partial charge on any atom is 0.335 e. The first-order chi connectivity index (χ1) is 15.3. The van der Waals surface area contributed by atoms with E-state index < -0.39 is 5.97 Å². The van der Waals surface area contributed by atoms with Crippen LogP contribution in [0, 0.1) is 5.92 Å². The molecule has 0 saturated carbocycles. The minimum Gasteiger partial charge on any atom is -0.478 e. The van der Waals surface area contributed by atoms with Crippen molar-refractivity contribution in [2.24, 2.45) is 5.92 Å². The summed E-state index contributed by atoms with van der Waals surface area (Å²) in [6.07, 6.45) is 6.03. The maximum absolute atomic E-state index is 13.4. The number of carbonyl (C=O) groups is 1. The van der Waals surface area contributed by atoms with Crippen molar-refractivity contribution in [3.63, 3.8) is 0 Å². The molecule has 1 fully saturated rings. The molecule has 0 radical (unpaired) electrons. The molecule has 182 valence electrons. The third kappa shape index (κ3) is 6.70. The van der Waals surface area contributed by atoms with Crippen molar-refractivity contribution in [2.45, 2.75) is 85.4 Å². The third-order valence-electron chi connectivity index (χ3n) is 6.75. The van der Waals surface area contributed by atoms with Crippen molar-refractivity contribution >= 4 is 18.4 Å². The summed E-state index contributed by atoms with van der Waals surface area (Å²) in [5.74, 6) is -0.246. The lowest BCUT2D eigenvalue weighted by atomic mass is 10.0. The second-order valence-electron chi connectivity index (χ2n) is 9.45. The van der Waals surface area contributed by atoms with Crippen molar-refractivity contribution in [1.29, 1.82) is 0 Å². The standard InChI is InChI=1S/C27H38N2O3.ClH/c1-5-21-17-22(6-2)26(30)29(15-13-20-9-11-23(12-10-20)27(31)32)25(21)18-28-14-7-8-24(28)16-19(3)4;/h9-12,17,19,24H,5-8,13-16,18H2,1-4H3,(H,31,32);1H/t24-;/m1./s1. The fourth-order valence-corrected chi connectivity index (χ4v) is 4.97.